The molecule has 0 fully saturated rings. The molecule has 1 aromatic carbocycles. The van der Waals surface area contributed by atoms with Crippen LogP contribution in [0.15, 0.2) is 18.2 Å². The highest BCUT2D eigenvalue weighted by Crippen LogP contribution is 2.30. The highest BCUT2D eigenvalue weighted by Gasteiger charge is 2.22. The van der Waals surface area contributed by atoms with E-state index in [1.807, 2.05) is 0 Å². The fraction of sp³-hybridized carbons (Fsp3) is 0.417. The molecule has 0 aromatic heterocycles. The van der Waals surface area contributed by atoms with Crippen molar-refractivity contribution in [2.45, 2.75) is 18.6 Å². The van der Waals surface area contributed by atoms with E-state index < -0.39 is 18.2 Å². The average Bonchev–Trinajstić information content (AvgIpc) is 2.37. The molecule has 100 valence electrons. The summed E-state index contributed by atoms with van der Waals surface area (Å²) in [7, 11) is 2.60. The summed E-state index contributed by atoms with van der Waals surface area (Å²) >= 11 is 0. The summed E-state index contributed by atoms with van der Waals surface area (Å²) in [5.41, 5.74) is 0.282. The summed E-state index contributed by atoms with van der Waals surface area (Å²) in [6.07, 6.45) is -2.92. The Balaban J connectivity index is 2.80. The van der Waals surface area contributed by atoms with Gasteiger partial charge >= 0.3 is 5.97 Å². The molecule has 0 aliphatic rings. The van der Waals surface area contributed by atoms with Crippen molar-refractivity contribution in [1.82, 2.24) is 0 Å². The Hall–Kier alpha value is -1.79. The van der Waals surface area contributed by atoms with Crippen LogP contribution in [0, 0.1) is 0 Å². The lowest BCUT2D eigenvalue weighted by Gasteiger charge is -2.17. The Morgan fingerprint density at radius 3 is 2.50 bits per heavy atom. The van der Waals surface area contributed by atoms with Crippen LogP contribution in [0.3, 0.4) is 0 Å². The van der Waals surface area contributed by atoms with Gasteiger partial charge < -0.3 is 24.8 Å². The monoisotopic (exact) mass is 256 g/mol. The molecular weight excluding hydrogens is 240 g/mol. The maximum absolute atomic E-state index is 11.0. The Labute approximate surface area is 104 Å². The molecule has 6 heteroatoms. The summed E-state index contributed by atoms with van der Waals surface area (Å²) in [6.45, 7) is 0. The number of esters is 1. The van der Waals surface area contributed by atoms with Crippen LogP contribution in [0.4, 0.5) is 0 Å². The molecule has 0 bridgehead atoms. The highest BCUT2D eigenvalue weighted by molar-refractivity contribution is 5.69. The van der Waals surface area contributed by atoms with Gasteiger partial charge in [-0.25, -0.2) is 0 Å². The van der Waals surface area contributed by atoms with Crippen molar-refractivity contribution < 1.29 is 29.6 Å². The topological polar surface area (TPSA) is 96.2 Å². The predicted molar refractivity (Wildman–Crippen MR) is 62.3 cm³/mol. The molecule has 0 aliphatic carbocycles. The van der Waals surface area contributed by atoms with Crippen LogP contribution in [-0.4, -0.2) is 41.6 Å². The lowest BCUT2D eigenvalue weighted by Crippen LogP contribution is -2.22. The van der Waals surface area contributed by atoms with Gasteiger partial charge in [0.2, 0.25) is 0 Å². The number of phenols is 1. The number of carbonyl (C=O) groups is 1. The van der Waals surface area contributed by atoms with Gasteiger partial charge in [-0.15, -0.1) is 0 Å². The second-order valence-electron chi connectivity index (χ2n) is 3.72. The Bertz CT molecular complexity index is 417. The molecule has 1 aromatic rings. The van der Waals surface area contributed by atoms with Gasteiger partial charge in [0.25, 0.3) is 0 Å². The number of methoxy groups -OCH3 is 2. The van der Waals surface area contributed by atoms with E-state index in [4.69, 9.17) is 4.74 Å². The Morgan fingerprint density at radius 1 is 1.33 bits per heavy atom. The first kappa shape index (κ1) is 14.3. The summed E-state index contributed by atoms with van der Waals surface area (Å²) in [4.78, 5) is 11.0. The zero-order chi connectivity index (χ0) is 13.7. The number of aromatic hydroxyl groups is 1. The van der Waals surface area contributed by atoms with Gasteiger partial charge in [0.15, 0.2) is 11.5 Å². The predicted octanol–water partition coefficient (Wildman–Crippen LogP) is 0.358. The Kier molecular flexibility index (Phi) is 4.94. The molecule has 0 saturated carbocycles. The third kappa shape index (κ3) is 3.35. The van der Waals surface area contributed by atoms with Gasteiger partial charge in [-0.2, -0.15) is 0 Å². The first-order valence-corrected chi connectivity index (χ1v) is 5.29. The van der Waals surface area contributed by atoms with Gasteiger partial charge in [0, 0.05) is 0 Å². The second-order valence-corrected chi connectivity index (χ2v) is 3.72. The first-order valence-electron chi connectivity index (χ1n) is 5.29. The van der Waals surface area contributed by atoms with Gasteiger partial charge in [-0.3, -0.25) is 4.79 Å². The molecule has 0 spiro atoms. The first-order chi connectivity index (χ1) is 8.49. The second kappa shape index (κ2) is 6.23. The van der Waals surface area contributed by atoms with Crippen LogP contribution >= 0.6 is 0 Å². The number of hydrogen-bond acceptors (Lipinski definition) is 6. The number of ether oxygens (including phenoxy) is 2. The van der Waals surface area contributed by atoms with Crippen molar-refractivity contribution in [2.24, 2.45) is 0 Å². The van der Waals surface area contributed by atoms with E-state index in [0.717, 1.165) is 0 Å². The van der Waals surface area contributed by atoms with Crippen molar-refractivity contribution in [3.63, 3.8) is 0 Å². The summed E-state index contributed by atoms with van der Waals surface area (Å²) in [6, 6.07) is 4.21. The molecule has 1 rings (SSSR count). The van der Waals surface area contributed by atoms with Gasteiger partial charge in [-0.05, 0) is 17.7 Å². The van der Waals surface area contributed by atoms with Crippen LogP contribution in [-0.2, 0) is 9.53 Å². The van der Waals surface area contributed by atoms with E-state index in [0.29, 0.717) is 0 Å². The van der Waals surface area contributed by atoms with Crippen LogP contribution in [0.1, 0.15) is 18.1 Å². The smallest absolute Gasteiger partial charge is 0.308 e. The fourth-order valence-electron chi connectivity index (χ4n) is 1.48. The average molecular weight is 256 g/mol. The minimum atomic E-state index is -1.30. The maximum atomic E-state index is 11.0. The lowest BCUT2D eigenvalue weighted by molar-refractivity contribution is -0.144. The number of benzene rings is 1. The van der Waals surface area contributed by atoms with Crippen molar-refractivity contribution in [3.8, 4) is 11.5 Å². The molecule has 3 N–H and O–H groups in total. The van der Waals surface area contributed by atoms with E-state index in [2.05, 4.69) is 4.74 Å². The summed E-state index contributed by atoms with van der Waals surface area (Å²) in [5.74, 6) is -0.521. The Morgan fingerprint density at radius 2 is 2.00 bits per heavy atom. The molecule has 0 saturated heterocycles. The molecule has 0 radical (unpaired) electrons. The fourth-order valence-corrected chi connectivity index (χ4v) is 1.48. The minimum Gasteiger partial charge on any atom is -0.504 e. The normalized spacial score (nSPS) is 13.8. The third-order valence-corrected chi connectivity index (χ3v) is 2.51. The SMILES string of the molecule is COC(=O)CC(O)C(O)c1ccc(OC)c(O)c1. The number of hydrogen-bond donors (Lipinski definition) is 3. The number of carbonyl (C=O) groups excluding carboxylic acids is 1. The quantitative estimate of drug-likeness (QED) is 0.658. The molecule has 2 atom stereocenters. The van der Waals surface area contributed by atoms with Crippen molar-refractivity contribution >= 4 is 5.97 Å². The molecule has 18 heavy (non-hydrogen) atoms. The van der Waals surface area contributed by atoms with E-state index in [9.17, 15) is 20.1 Å². The molecule has 6 nitrogen and oxygen atoms in total. The van der Waals surface area contributed by atoms with Crippen molar-refractivity contribution in [3.05, 3.63) is 23.8 Å². The van der Waals surface area contributed by atoms with Crippen LogP contribution < -0.4 is 4.74 Å². The zero-order valence-electron chi connectivity index (χ0n) is 10.2. The van der Waals surface area contributed by atoms with E-state index in [1.54, 1.807) is 0 Å². The largest absolute Gasteiger partial charge is 0.504 e. The third-order valence-electron chi connectivity index (χ3n) is 2.51. The van der Waals surface area contributed by atoms with Crippen molar-refractivity contribution in [2.75, 3.05) is 14.2 Å². The number of phenolic OH excluding ortho intramolecular Hbond substituents is 1. The number of aliphatic hydroxyl groups excluding tert-OH is 2. The maximum Gasteiger partial charge on any atom is 0.308 e. The lowest BCUT2D eigenvalue weighted by atomic mass is 10.0. The number of rotatable bonds is 5. The van der Waals surface area contributed by atoms with Gasteiger partial charge in [-0.1, -0.05) is 6.07 Å². The van der Waals surface area contributed by atoms with Gasteiger partial charge in [0.1, 0.15) is 6.10 Å². The van der Waals surface area contributed by atoms with Crippen LogP contribution in [0.2, 0.25) is 0 Å². The van der Waals surface area contributed by atoms with Gasteiger partial charge in [0.05, 0.1) is 26.7 Å². The zero-order valence-corrected chi connectivity index (χ0v) is 10.2. The molecule has 2 unspecified atom stereocenters. The van der Waals surface area contributed by atoms with Crippen LogP contribution in [0.25, 0.3) is 0 Å². The van der Waals surface area contributed by atoms with Crippen LogP contribution in [0.5, 0.6) is 11.5 Å². The van der Waals surface area contributed by atoms with E-state index in [-0.39, 0.29) is 23.5 Å². The standard InChI is InChI=1S/C12H16O6/c1-17-10-4-3-7(5-8(10)13)12(16)9(14)6-11(15)18-2/h3-5,9,12-14,16H,6H2,1-2H3. The van der Waals surface area contributed by atoms with Crippen molar-refractivity contribution in [1.29, 1.82) is 0 Å². The summed E-state index contributed by atoms with van der Waals surface area (Å²) < 4.78 is 9.24. The molecular formula is C12H16O6. The molecule has 0 heterocycles. The summed E-state index contributed by atoms with van der Waals surface area (Å²) in [5, 5.41) is 29.0. The number of aliphatic hydroxyl groups is 2. The molecule has 0 amide bonds. The van der Waals surface area contributed by atoms with E-state index in [1.165, 1.54) is 32.4 Å². The minimum absolute atomic E-state index is 0.153. The highest BCUT2D eigenvalue weighted by atomic mass is 16.5. The van der Waals surface area contributed by atoms with E-state index >= 15 is 0 Å². The molecule has 0 aliphatic heterocycles.